The lowest BCUT2D eigenvalue weighted by Crippen LogP contribution is -2.47. The lowest BCUT2D eigenvalue weighted by molar-refractivity contribution is -0.144. The molecule has 2 amide bonds. The first kappa shape index (κ1) is 12.8. The highest BCUT2D eigenvalue weighted by Crippen LogP contribution is 2.14. The number of aliphatic carboxylic acids is 1. The zero-order valence-corrected chi connectivity index (χ0v) is 9.75. The predicted molar refractivity (Wildman–Crippen MR) is 59.3 cm³/mol. The fraction of sp³-hybridized carbons (Fsp3) is 0.667. The quantitative estimate of drug-likeness (QED) is 0.720. The number of rotatable bonds is 5. The number of carboxylic acids is 1. The van der Waals surface area contributed by atoms with Crippen molar-refractivity contribution in [2.24, 2.45) is 0 Å². The molecule has 16 heavy (non-hydrogen) atoms. The minimum absolute atomic E-state index is 0.231. The average Bonchev–Trinajstić information content (AvgIpc) is 2.62. The third-order valence-corrected chi connectivity index (χ3v) is 2.98. The van der Waals surface area contributed by atoms with Crippen LogP contribution in [0.2, 0.25) is 0 Å². The van der Waals surface area contributed by atoms with Gasteiger partial charge < -0.3 is 15.3 Å². The Bertz CT molecular complexity index is 308. The van der Waals surface area contributed by atoms with Gasteiger partial charge in [-0.1, -0.05) is 18.7 Å². The number of thioether (sulfide) groups is 1. The third kappa shape index (κ3) is 3.41. The van der Waals surface area contributed by atoms with Gasteiger partial charge in [0.15, 0.2) is 0 Å². The average molecular weight is 246 g/mol. The minimum atomic E-state index is -1.04. The van der Waals surface area contributed by atoms with E-state index in [0.29, 0.717) is 18.7 Å². The number of hydrogen-bond donors (Lipinski definition) is 2. The van der Waals surface area contributed by atoms with E-state index in [1.54, 1.807) is 0 Å². The van der Waals surface area contributed by atoms with Crippen molar-refractivity contribution in [2.75, 3.05) is 18.8 Å². The molecule has 2 N–H and O–H groups in total. The normalized spacial score (nSPS) is 19.3. The van der Waals surface area contributed by atoms with E-state index in [-0.39, 0.29) is 17.7 Å². The molecule has 1 unspecified atom stereocenters. The molecule has 1 fully saturated rings. The Morgan fingerprint density at radius 3 is 2.75 bits per heavy atom. The third-order valence-electron chi connectivity index (χ3n) is 2.10. The second-order valence-corrected chi connectivity index (χ2v) is 4.44. The summed E-state index contributed by atoms with van der Waals surface area (Å²) in [5.41, 5.74) is 0. The Hall–Kier alpha value is -1.24. The SMILES string of the molecule is CCCN(CC(=O)O)C(=O)C1CSC(=O)N1. The molecule has 1 aliphatic heterocycles. The van der Waals surface area contributed by atoms with Crippen LogP contribution in [-0.2, 0) is 9.59 Å². The van der Waals surface area contributed by atoms with Crippen molar-refractivity contribution in [3.05, 3.63) is 0 Å². The van der Waals surface area contributed by atoms with Gasteiger partial charge in [-0.25, -0.2) is 0 Å². The molecular formula is C9H14N2O4S. The van der Waals surface area contributed by atoms with Gasteiger partial charge in [0.05, 0.1) is 0 Å². The van der Waals surface area contributed by atoms with Gasteiger partial charge in [0.25, 0.3) is 5.24 Å². The van der Waals surface area contributed by atoms with Crippen molar-refractivity contribution < 1.29 is 19.5 Å². The molecule has 90 valence electrons. The van der Waals surface area contributed by atoms with Crippen LogP contribution in [0.1, 0.15) is 13.3 Å². The van der Waals surface area contributed by atoms with Gasteiger partial charge in [0.2, 0.25) is 5.91 Å². The molecule has 1 aliphatic rings. The molecule has 0 spiro atoms. The van der Waals surface area contributed by atoms with Gasteiger partial charge in [-0.05, 0) is 6.42 Å². The number of amides is 2. The second kappa shape index (κ2) is 5.74. The van der Waals surface area contributed by atoms with E-state index in [2.05, 4.69) is 5.32 Å². The first-order valence-electron chi connectivity index (χ1n) is 4.98. The van der Waals surface area contributed by atoms with Crippen molar-refractivity contribution in [3.8, 4) is 0 Å². The Labute approximate surface area is 97.4 Å². The monoisotopic (exact) mass is 246 g/mol. The Balaban J connectivity index is 2.59. The Morgan fingerprint density at radius 1 is 1.62 bits per heavy atom. The molecule has 0 radical (unpaired) electrons. The van der Waals surface area contributed by atoms with Gasteiger partial charge >= 0.3 is 5.97 Å². The number of carbonyl (C=O) groups is 3. The first-order chi connectivity index (χ1) is 7.54. The molecule has 1 rings (SSSR count). The van der Waals surface area contributed by atoms with E-state index in [1.165, 1.54) is 4.90 Å². The lowest BCUT2D eigenvalue weighted by atomic mass is 10.2. The smallest absolute Gasteiger partial charge is 0.323 e. The Morgan fingerprint density at radius 2 is 2.31 bits per heavy atom. The number of hydrogen-bond acceptors (Lipinski definition) is 4. The highest BCUT2D eigenvalue weighted by molar-refractivity contribution is 8.14. The van der Waals surface area contributed by atoms with Crippen LogP contribution in [-0.4, -0.2) is 52.0 Å². The largest absolute Gasteiger partial charge is 0.480 e. The van der Waals surface area contributed by atoms with Crippen LogP contribution in [0.25, 0.3) is 0 Å². The maximum Gasteiger partial charge on any atom is 0.323 e. The van der Waals surface area contributed by atoms with Gasteiger partial charge in [-0.15, -0.1) is 0 Å². The highest BCUT2D eigenvalue weighted by Gasteiger charge is 2.31. The molecule has 1 heterocycles. The van der Waals surface area contributed by atoms with E-state index in [4.69, 9.17) is 5.11 Å². The molecule has 1 saturated heterocycles. The van der Waals surface area contributed by atoms with Crippen LogP contribution >= 0.6 is 11.8 Å². The summed E-state index contributed by atoms with van der Waals surface area (Å²) < 4.78 is 0. The van der Waals surface area contributed by atoms with Gasteiger partial charge in [0.1, 0.15) is 12.6 Å². The minimum Gasteiger partial charge on any atom is -0.480 e. The predicted octanol–water partition coefficient (Wildman–Crippen LogP) is 0.135. The van der Waals surface area contributed by atoms with Crippen LogP contribution in [0.15, 0.2) is 0 Å². The number of nitrogens with zero attached hydrogens (tertiary/aromatic N) is 1. The van der Waals surface area contributed by atoms with E-state index >= 15 is 0 Å². The van der Waals surface area contributed by atoms with Gasteiger partial charge in [0, 0.05) is 12.3 Å². The molecule has 6 nitrogen and oxygen atoms in total. The number of carboxylic acid groups (broad SMARTS) is 1. The number of carbonyl (C=O) groups excluding carboxylic acids is 2. The molecule has 7 heteroatoms. The van der Waals surface area contributed by atoms with E-state index in [0.717, 1.165) is 11.8 Å². The summed E-state index contributed by atoms with van der Waals surface area (Å²) in [4.78, 5) is 34.6. The van der Waals surface area contributed by atoms with Crippen LogP contribution in [0.3, 0.4) is 0 Å². The first-order valence-corrected chi connectivity index (χ1v) is 5.97. The lowest BCUT2D eigenvalue weighted by Gasteiger charge is -2.22. The summed E-state index contributed by atoms with van der Waals surface area (Å²) >= 11 is 1.04. The standard InChI is InChI=1S/C9H14N2O4S/c1-2-3-11(4-7(12)13)8(14)6-5-16-9(15)10-6/h6H,2-5H2,1H3,(H,10,15)(H,12,13). The van der Waals surface area contributed by atoms with E-state index in [9.17, 15) is 14.4 Å². The van der Waals surface area contributed by atoms with E-state index in [1.807, 2.05) is 6.92 Å². The summed E-state index contributed by atoms with van der Waals surface area (Å²) in [5.74, 6) is -0.987. The van der Waals surface area contributed by atoms with Crippen LogP contribution < -0.4 is 5.32 Å². The topological polar surface area (TPSA) is 86.7 Å². The summed E-state index contributed by atoms with van der Waals surface area (Å²) in [7, 11) is 0. The summed E-state index contributed by atoms with van der Waals surface area (Å²) in [6, 6.07) is -0.580. The fourth-order valence-electron chi connectivity index (χ4n) is 1.44. The zero-order valence-electron chi connectivity index (χ0n) is 8.93. The fourth-order valence-corrected chi connectivity index (χ4v) is 2.21. The maximum absolute atomic E-state index is 11.9. The maximum atomic E-state index is 11.9. The summed E-state index contributed by atoms with van der Waals surface area (Å²) in [5, 5.41) is 10.9. The molecule has 0 aliphatic carbocycles. The molecule has 0 saturated carbocycles. The molecule has 0 aromatic carbocycles. The highest BCUT2D eigenvalue weighted by atomic mass is 32.2. The van der Waals surface area contributed by atoms with Crippen molar-refractivity contribution >= 4 is 28.9 Å². The summed E-state index contributed by atoms with van der Waals surface area (Å²) in [6.07, 6.45) is 0.687. The van der Waals surface area contributed by atoms with Crippen LogP contribution in [0.5, 0.6) is 0 Å². The molecule has 1 atom stereocenters. The van der Waals surface area contributed by atoms with E-state index < -0.39 is 12.0 Å². The zero-order chi connectivity index (χ0) is 12.1. The van der Waals surface area contributed by atoms with Crippen molar-refractivity contribution in [1.29, 1.82) is 0 Å². The van der Waals surface area contributed by atoms with Gasteiger partial charge in [-0.2, -0.15) is 0 Å². The molecular weight excluding hydrogens is 232 g/mol. The van der Waals surface area contributed by atoms with Crippen molar-refractivity contribution in [3.63, 3.8) is 0 Å². The van der Waals surface area contributed by atoms with Gasteiger partial charge in [-0.3, -0.25) is 14.4 Å². The van der Waals surface area contributed by atoms with Crippen molar-refractivity contribution in [2.45, 2.75) is 19.4 Å². The summed E-state index contributed by atoms with van der Waals surface area (Å²) in [6.45, 7) is 1.94. The van der Waals surface area contributed by atoms with Crippen molar-refractivity contribution in [1.82, 2.24) is 10.2 Å². The molecule has 0 aromatic rings. The Kier molecular flexibility index (Phi) is 4.60. The number of nitrogens with one attached hydrogen (secondary N) is 1. The molecule has 0 bridgehead atoms. The second-order valence-electron chi connectivity index (χ2n) is 3.45. The molecule has 0 aromatic heterocycles. The van der Waals surface area contributed by atoms with Crippen LogP contribution in [0, 0.1) is 0 Å². The van der Waals surface area contributed by atoms with Crippen LogP contribution in [0.4, 0.5) is 4.79 Å².